The summed E-state index contributed by atoms with van der Waals surface area (Å²) in [4.78, 5) is 7.13. The fraction of sp³-hybridized carbons (Fsp3) is 0.722. The number of piperidine rings is 1. The molecular formula is C18H25BrN2O. The maximum absolute atomic E-state index is 6.27. The molecule has 1 unspecified atom stereocenters. The summed E-state index contributed by atoms with van der Waals surface area (Å²) in [5.74, 6) is 2.17. The molecule has 2 saturated carbocycles. The van der Waals surface area contributed by atoms with Gasteiger partial charge in [-0.15, -0.1) is 0 Å². The Morgan fingerprint density at radius 1 is 1.23 bits per heavy atom. The lowest BCUT2D eigenvalue weighted by Crippen LogP contribution is -2.59. The molecule has 3 nitrogen and oxygen atoms in total. The van der Waals surface area contributed by atoms with E-state index >= 15 is 0 Å². The highest BCUT2D eigenvalue weighted by atomic mass is 79.9. The highest BCUT2D eigenvalue weighted by Crippen LogP contribution is 2.52. The highest BCUT2D eigenvalue weighted by Gasteiger charge is 2.53. The summed E-state index contributed by atoms with van der Waals surface area (Å²) in [6.07, 6.45) is 10.7. The van der Waals surface area contributed by atoms with Crippen molar-refractivity contribution in [2.75, 3.05) is 26.7 Å². The van der Waals surface area contributed by atoms with Crippen LogP contribution in [-0.4, -0.2) is 36.6 Å². The third-order valence-corrected chi connectivity index (χ3v) is 6.42. The first-order valence-electron chi connectivity index (χ1n) is 8.61. The molecule has 2 heterocycles. The van der Waals surface area contributed by atoms with Gasteiger partial charge in [0.1, 0.15) is 5.60 Å². The van der Waals surface area contributed by atoms with Gasteiger partial charge in [0.05, 0.1) is 0 Å². The number of methoxy groups -OCH3 is 1. The van der Waals surface area contributed by atoms with E-state index in [1.807, 2.05) is 19.5 Å². The molecule has 1 aromatic heterocycles. The molecule has 0 amide bonds. The zero-order chi connectivity index (χ0) is 15.2. The molecule has 120 valence electrons. The zero-order valence-electron chi connectivity index (χ0n) is 13.3. The van der Waals surface area contributed by atoms with Crippen molar-refractivity contribution in [1.82, 2.24) is 9.88 Å². The number of halogens is 1. The average Bonchev–Trinajstić information content (AvgIpc) is 3.30. The third kappa shape index (κ3) is 2.53. The minimum Gasteiger partial charge on any atom is -0.373 e. The fourth-order valence-corrected chi connectivity index (χ4v) is 5.25. The van der Waals surface area contributed by atoms with Gasteiger partial charge in [0.25, 0.3) is 0 Å². The van der Waals surface area contributed by atoms with E-state index in [2.05, 4.69) is 31.9 Å². The normalized spacial score (nSPS) is 35.5. The van der Waals surface area contributed by atoms with Crippen molar-refractivity contribution in [2.24, 2.45) is 17.8 Å². The summed E-state index contributed by atoms with van der Waals surface area (Å²) in [7, 11) is 1.91. The molecular weight excluding hydrogens is 340 g/mol. The Morgan fingerprint density at radius 3 is 2.55 bits per heavy atom. The van der Waals surface area contributed by atoms with Crippen LogP contribution < -0.4 is 0 Å². The lowest BCUT2D eigenvalue weighted by Gasteiger charge is -2.55. The molecule has 0 radical (unpaired) electrons. The van der Waals surface area contributed by atoms with E-state index in [1.165, 1.54) is 57.3 Å². The lowest BCUT2D eigenvalue weighted by molar-refractivity contribution is -0.169. The monoisotopic (exact) mass is 364 g/mol. The van der Waals surface area contributed by atoms with E-state index < -0.39 is 0 Å². The van der Waals surface area contributed by atoms with E-state index in [4.69, 9.17) is 4.74 Å². The van der Waals surface area contributed by atoms with Gasteiger partial charge >= 0.3 is 0 Å². The van der Waals surface area contributed by atoms with Gasteiger partial charge in [-0.25, -0.2) is 0 Å². The van der Waals surface area contributed by atoms with E-state index in [-0.39, 0.29) is 5.60 Å². The Balaban J connectivity index is 1.66. The molecule has 3 aliphatic rings. The fourth-order valence-electron chi connectivity index (χ4n) is 4.89. The summed E-state index contributed by atoms with van der Waals surface area (Å²) in [5, 5.41) is 0. The van der Waals surface area contributed by atoms with E-state index in [9.17, 15) is 0 Å². The first-order valence-corrected chi connectivity index (χ1v) is 9.40. The van der Waals surface area contributed by atoms with Crippen LogP contribution in [0.15, 0.2) is 22.9 Å². The number of fused-ring (bicyclic) bond motifs is 2. The van der Waals surface area contributed by atoms with Crippen molar-refractivity contribution in [3.05, 3.63) is 28.5 Å². The SMILES string of the molecule is COC1(c2cncc(Br)c2)[C@@H]2CCC[C@H]1CN(CC1CC1)C2. The number of nitrogens with zero attached hydrogens (tertiary/aromatic N) is 2. The van der Waals surface area contributed by atoms with Crippen molar-refractivity contribution < 1.29 is 4.74 Å². The molecule has 0 N–H and O–H groups in total. The Morgan fingerprint density at radius 2 is 1.95 bits per heavy atom. The number of hydrogen-bond acceptors (Lipinski definition) is 3. The van der Waals surface area contributed by atoms with E-state index in [0.29, 0.717) is 11.8 Å². The van der Waals surface area contributed by atoms with Gasteiger partial charge in [0, 0.05) is 61.0 Å². The maximum Gasteiger partial charge on any atom is 0.102 e. The number of ether oxygens (including phenoxy) is 1. The van der Waals surface area contributed by atoms with Crippen LogP contribution in [0.4, 0.5) is 0 Å². The molecule has 4 rings (SSSR count). The summed E-state index contributed by atoms with van der Waals surface area (Å²) < 4.78 is 7.32. The van der Waals surface area contributed by atoms with E-state index in [1.54, 1.807) is 0 Å². The lowest BCUT2D eigenvalue weighted by atomic mass is 9.62. The summed E-state index contributed by atoms with van der Waals surface area (Å²) >= 11 is 3.59. The Hall–Kier alpha value is -0.450. The topological polar surface area (TPSA) is 25.4 Å². The van der Waals surface area contributed by atoms with Gasteiger partial charge < -0.3 is 9.64 Å². The van der Waals surface area contributed by atoms with Crippen molar-refractivity contribution in [3.63, 3.8) is 0 Å². The van der Waals surface area contributed by atoms with Gasteiger partial charge in [-0.2, -0.15) is 0 Å². The number of pyridine rings is 1. The van der Waals surface area contributed by atoms with Crippen LogP contribution in [0.5, 0.6) is 0 Å². The Labute approximate surface area is 141 Å². The molecule has 22 heavy (non-hydrogen) atoms. The second-order valence-electron chi connectivity index (χ2n) is 7.38. The molecule has 2 aliphatic carbocycles. The van der Waals surface area contributed by atoms with Crippen molar-refractivity contribution in [3.8, 4) is 0 Å². The molecule has 0 spiro atoms. The minimum atomic E-state index is -0.130. The van der Waals surface area contributed by atoms with Gasteiger partial charge in [0.2, 0.25) is 0 Å². The first-order chi connectivity index (χ1) is 10.7. The van der Waals surface area contributed by atoms with Gasteiger partial charge in [-0.1, -0.05) is 6.42 Å². The minimum absolute atomic E-state index is 0.130. The van der Waals surface area contributed by atoms with Gasteiger partial charge in [-0.05, 0) is 53.6 Å². The number of aromatic nitrogens is 1. The molecule has 4 heteroatoms. The maximum atomic E-state index is 6.27. The van der Waals surface area contributed by atoms with Crippen LogP contribution in [0.1, 0.15) is 37.7 Å². The van der Waals surface area contributed by atoms with Crippen LogP contribution in [0.3, 0.4) is 0 Å². The van der Waals surface area contributed by atoms with Crippen LogP contribution in [0, 0.1) is 17.8 Å². The van der Waals surface area contributed by atoms with Gasteiger partial charge in [-0.3, -0.25) is 4.98 Å². The van der Waals surface area contributed by atoms with Crippen molar-refractivity contribution in [1.29, 1.82) is 0 Å². The largest absolute Gasteiger partial charge is 0.373 e. The highest BCUT2D eigenvalue weighted by molar-refractivity contribution is 9.10. The first kappa shape index (κ1) is 15.1. The molecule has 1 aromatic rings. The Kier molecular flexibility index (Phi) is 4.04. The van der Waals surface area contributed by atoms with Crippen LogP contribution in [0.25, 0.3) is 0 Å². The zero-order valence-corrected chi connectivity index (χ0v) is 14.9. The molecule has 3 atom stereocenters. The quantitative estimate of drug-likeness (QED) is 0.811. The molecule has 3 fully saturated rings. The number of likely N-dealkylation sites (tertiary alicyclic amines) is 1. The smallest absolute Gasteiger partial charge is 0.102 e. The van der Waals surface area contributed by atoms with E-state index in [0.717, 1.165) is 10.4 Å². The molecule has 1 saturated heterocycles. The van der Waals surface area contributed by atoms with Crippen LogP contribution in [0.2, 0.25) is 0 Å². The number of hydrogen-bond donors (Lipinski definition) is 0. The van der Waals surface area contributed by atoms with Gasteiger partial charge in [0.15, 0.2) is 0 Å². The predicted molar refractivity (Wildman–Crippen MR) is 90.6 cm³/mol. The van der Waals surface area contributed by atoms with Crippen LogP contribution in [-0.2, 0) is 10.3 Å². The second-order valence-corrected chi connectivity index (χ2v) is 8.29. The Bertz CT molecular complexity index is 532. The second kappa shape index (κ2) is 5.88. The van der Waals surface area contributed by atoms with Crippen molar-refractivity contribution >= 4 is 15.9 Å². The standard InChI is InChI=1S/C18H25BrN2O/c1-22-18(16-7-17(19)9-20-8-16)14-3-2-4-15(18)12-21(11-14)10-13-5-6-13/h7-9,13-15H,2-6,10-12H2,1H3/t14-,15+,18?. The molecule has 2 bridgehead atoms. The summed E-state index contributed by atoms with van der Waals surface area (Å²) in [6.45, 7) is 3.68. The predicted octanol–water partition coefficient (Wildman–Crippen LogP) is 3.83. The number of rotatable bonds is 4. The van der Waals surface area contributed by atoms with Crippen molar-refractivity contribution in [2.45, 2.75) is 37.7 Å². The molecule has 1 aliphatic heterocycles. The average molecular weight is 365 g/mol. The third-order valence-electron chi connectivity index (χ3n) is 5.98. The summed E-state index contributed by atoms with van der Waals surface area (Å²) in [5.41, 5.74) is 1.14. The van der Waals surface area contributed by atoms with Crippen LogP contribution >= 0.6 is 15.9 Å². The summed E-state index contributed by atoms with van der Waals surface area (Å²) in [6, 6.07) is 2.22. The molecule has 0 aromatic carbocycles.